The Bertz CT molecular complexity index is 416. The maximum absolute atomic E-state index is 13.0. The molecule has 4 aliphatic carbocycles. The van der Waals surface area contributed by atoms with Gasteiger partial charge in [0.1, 0.15) is 0 Å². The molecular weight excluding hydrogens is 290 g/mol. The average Bonchev–Trinajstić information content (AvgIpc) is 2.34. The molecule has 7 heteroatoms. The van der Waals surface area contributed by atoms with Crippen molar-refractivity contribution in [2.75, 3.05) is 6.61 Å². The van der Waals surface area contributed by atoms with Crippen LogP contribution in [0.15, 0.2) is 0 Å². The van der Waals surface area contributed by atoms with Gasteiger partial charge in [0.15, 0.2) is 0 Å². The number of esters is 1. The van der Waals surface area contributed by atoms with Crippen LogP contribution in [0, 0.1) is 23.2 Å². The molecule has 4 fully saturated rings. The zero-order chi connectivity index (χ0) is 14.5. The summed E-state index contributed by atoms with van der Waals surface area (Å²) in [5.74, 6) is -0.0844. The molecule has 114 valence electrons. The van der Waals surface area contributed by atoms with E-state index in [9.17, 15) is 22.3 Å². The summed E-state index contributed by atoms with van der Waals surface area (Å²) in [5.41, 5.74) is -0.190. The molecule has 4 saturated carbocycles. The first-order valence-electron chi connectivity index (χ1n) is 6.95. The quantitative estimate of drug-likeness (QED) is 0.590. The fraction of sp³-hybridized carbons (Fsp3) is 0.923. The van der Waals surface area contributed by atoms with Gasteiger partial charge in [-0.05, 0) is 56.3 Å². The summed E-state index contributed by atoms with van der Waals surface area (Å²) in [6.45, 7) is -0.0673. The van der Waals surface area contributed by atoms with Gasteiger partial charge in [0.05, 0.1) is 6.61 Å². The standard InChI is InChI=1S/C13H18F2O4S/c14-13(15,20(17)18)11(16)19-7-12-4-8-1-9(5-12)3-10(2-8)6-12/h8-10H,1-7H2,(H,17,18)/p-1. The minimum atomic E-state index is -4.44. The largest absolute Gasteiger partial charge is 0.767 e. The van der Waals surface area contributed by atoms with Crippen molar-refractivity contribution in [1.82, 2.24) is 0 Å². The van der Waals surface area contributed by atoms with Crippen molar-refractivity contribution in [2.45, 2.75) is 43.8 Å². The maximum Gasteiger partial charge on any atom is 0.403 e. The highest BCUT2D eigenvalue weighted by molar-refractivity contribution is 7.81. The highest BCUT2D eigenvalue weighted by atomic mass is 32.2. The van der Waals surface area contributed by atoms with Gasteiger partial charge in [0.25, 0.3) is 0 Å². The van der Waals surface area contributed by atoms with E-state index in [1.165, 1.54) is 19.3 Å². The van der Waals surface area contributed by atoms with Gasteiger partial charge in [-0.15, -0.1) is 0 Å². The maximum atomic E-state index is 13.0. The second-order valence-electron chi connectivity index (χ2n) is 6.75. The molecule has 0 radical (unpaired) electrons. The molecule has 4 bridgehead atoms. The number of alkyl halides is 2. The summed E-state index contributed by atoms with van der Waals surface area (Å²) in [6.07, 6.45) is 6.35. The molecule has 0 spiro atoms. The van der Waals surface area contributed by atoms with E-state index in [0.717, 1.165) is 19.3 Å². The molecule has 0 heterocycles. The van der Waals surface area contributed by atoms with Gasteiger partial charge in [0, 0.05) is 16.5 Å². The normalized spacial score (nSPS) is 40.6. The average molecular weight is 307 g/mol. The predicted molar refractivity (Wildman–Crippen MR) is 65.4 cm³/mol. The SMILES string of the molecule is O=C(OCC12CC3CC(CC(C3)C1)C2)C(F)(F)S(=O)[O-]. The lowest BCUT2D eigenvalue weighted by Crippen LogP contribution is -2.49. The third-order valence-corrected chi connectivity index (χ3v) is 5.71. The summed E-state index contributed by atoms with van der Waals surface area (Å²) in [7, 11) is 0. The molecule has 0 saturated heterocycles. The van der Waals surface area contributed by atoms with E-state index in [1.54, 1.807) is 0 Å². The predicted octanol–water partition coefficient (Wildman–Crippen LogP) is 2.22. The second kappa shape index (κ2) is 4.73. The lowest BCUT2D eigenvalue weighted by molar-refractivity contribution is -0.171. The number of halogens is 2. The Kier molecular flexibility index (Phi) is 3.40. The molecule has 0 N–H and O–H groups in total. The zero-order valence-electron chi connectivity index (χ0n) is 11.0. The van der Waals surface area contributed by atoms with Crippen LogP contribution in [0.2, 0.25) is 0 Å². The third-order valence-electron chi connectivity index (χ3n) is 5.12. The zero-order valence-corrected chi connectivity index (χ0v) is 11.8. The van der Waals surface area contributed by atoms with Gasteiger partial charge in [-0.25, -0.2) is 4.79 Å². The molecule has 1 unspecified atom stereocenters. The number of hydrogen-bond acceptors (Lipinski definition) is 4. The smallest absolute Gasteiger partial charge is 0.403 e. The Morgan fingerprint density at radius 1 is 1.20 bits per heavy atom. The first kappa shape index (κ1) is 14.4. The van der Waals surface area contributed by atoms with Crippen molar-refractivity contribution in [3.8, 4) is 0 Å². The number of ether oxygens (including phenoxy) is 1. The number of carbonyl (C=O) groups is 1. The van der Waals surface area contributed by atoms with Crippen molar-refractivity contribution in [3.63, 3.8) is 0 Å². The Hall–Kier alpha value is -0.560. The van der Waals surface area contributed by atoms with Gasteiger partial charge < -0.3 is 9.29 Å². The minimum Gasteiger partial charge on any atom is -0.767 e. The van der Waals surface area contributed by atoms with Crippen molar-refractivity contribution < 1.29 is 27.1 Å². The molecular formula is C13H17F2O4S-. The van der Waals surface area contributed by atoms with Crippen LogP contribution in [0.1, 0.15) is 38.5 Å². The van der Waals surface area contributed by atoms with E-state index in [2.05, 4.69) is 4.74 Å². The molecule has 4 aliphatic rings. The van der Waals surface area contributed by atoms with Crippen LogP contribution >= 0.6 is 0 Å². The van der Waals surface area contributed by atoms with Gasteiger partial charge >= 0.3 is 11.2 Å². The lowest BCUT2D eigenvalue weighted by Gasteiger charge is -2.56. The summed E-state index contributed by atoms with van der Waals surface area (Å²) < 4.78 is 51.4. The third kappa shape index (κ3) is 2.39. The van der Waals surface area contributed by atoms with Crippen LogP contribution in [0.3, 0.4) is 0 Å². The van der Waals surface area contributed by atoms with Crippen LogP contribution in [0.4, 0.5) is 8.78 Å². The fourth-order valence-corrected chi connectivity index (χ4v) is 5.03. The molecule has 4 nitrogen and oxygen atoms in total. The molecule has 0 aromatic rings. The van der Waals surface area contributed by atoms with E-state index in [0.29, 0.717) is 17.8 Å². The highest BCUT2D eigenvalue weighted by Crippen LogP contribution is 2.60. The van der Waals surface area contributed by atoms with Gasteiger partial charge in [0.2, 0.25) is 0 Å². The van der Waals surface area contributed by atoms with Crippen molar-refractivity contribution >= 4 is 17.0 Å². The molecule has 0 amide bonds. The molecule has 0 aromatic carbocycles. The van der Waals surface area contributed by atoms with Crippen LogP contribution < -0.4 is 0 Å². The molecule has 0 aromatic heterocycles. The van der Waals surface area contributed by atoms with E-state index in [-0.39, 0.29) is 12.0 Å². The fourth-order valence-electron chi connectivity index (χ4n) is 4.84. The van der Waals surface area contributed by atoms with Crippen LogP contribution in [0.5, 0.6) is 0 Å². The van der Waals surface area contributed by atoms with Crippen molar-refractivity contribution in [3.05, 3.63) is 0 Å². The topological polar surface area (TPSA) is 66.4 Å². The minimum absolute atomic E-state index is 0.0673. The van der Waals surface area contributed by atoms with E-state index in [1.807, 2.05) is 0 Å². The van der Waals surface area contributed by atoms with E-state index < -0.39 is 22.3 Å². The Morgan fingerprint density at radius 3 is 2.05 bits per heavy atom. The number of rotatable bonds is 4. The summed E-state index contributed by atoms with van der Waals surface area (Å²) in [5, 5.41) is -4.44. The van der Waals surface area contributed by atoms with E-state index >= 15 is 0 Å². The Morgan fingerprint density at radius 2 is 1.65 bits per heavy atom. The number of carbonyl (C=O) groups excluding carboxylic acids is 1. The second-order valence-corrected chi connectivity index (χ2v) is 7.73. The summed E-state index contributed by atoms with van der Waals surface area (Å²) in [6, 6.07) is 0. The molecule has 0 aliphatic heterocycles. The molecule has 4 rings (SSSR count). The van der Waals surface area contributed by atoms with Gasteiger partial charge in [-0.3, -0.25) is 4.21 Å². The summed E-state index contributed by atoms with van der Waals surface area (Å²) in [4.78, 5) is 11.2. The molecule has 1 atom stereocenters. The monoisotopic (exact) mass is 307 g/mol. The van der Waals surface area contributed by atoms with E-state index in [4.69, 9.17) is 0 Å². The van der Waals surface area contributed by atoms with Crippen molar-refractivity contribution in [2.24, 2.45) is 23.2 Å². The van der Waals surface area contributed by atoms with Gasteiger partial charge in [-0.1, -0.05) is 0 Å². The van der Waals surface area contributed by atoms with Crippen molar-refractivity contribution in [1.29, 1.82) is 0 Å². The van der Waals surface area contributed by atoms with Crippen LogP contribution in [-0.4, -0.2) is 26.6 Å². The Balaban J connectivity index is 1.64. The highest BCUT2D eigenvalue weighted by Gasteiger charge is 2.52. The van der Waals surface area contributed by atoms with Crippen LogP contribution in [0.25, 0.3) is 0 Å². The molecule has 20 heavy (non-hydrogen) atoms. The number of hydrogen-bond donors (Lipinski definition) is 0. The Labute approximate surface area is 118 Å². The first-order chi connectivity index (χ1) is 9.31. The van der Waals surface area contributed by atoms with Crippen LogP contribution in [-0.2, 0) is 20.6 Å². The van der Waals surface area contributed by atoms with Gasteiger partial charge in [-0.2, -0.15) is 8.78 Å². The summed E-state index contributed by atoms with van der Waals surface area (Å²) >= 11 is -3.78. The lowest BCUT2D eigenvalue weighted by atomic mass is 9.50. The first-order valence-corrected chi connectivity index (χ1v) is 8.03.